The number of aromatic hydroxyl groups is 1. The molecule has 112 valence electrons. The molecule has 3 rings (SSSR count). The molecule has 0 radical (unpaired) electrons. The van der Waals surface area contributed by atoms with Crippen molar-refractivity contribution in [3.63, 3.8) is 0 Å². The van der Waals surface area contributed by atoms with Gasteiger partial charge >= 0.3 is 0 Å². The van der Waals surface area contributed by atoms with E-state index < -0.39 is 0 Å². The van der Waals surface area contributed by atoms with E-state index in [0.717, 1.165) is 10.9 Å². The fourth-order valence-electron chi connectivity index (χ4n) is 2.18. The van der Waals surface area contributed by atoms with Gasteiger partial charge in [0, 0.05) is 17.1 Å². The number of rotatable bonds is 3. The molecule has 0 amide bonds. The molecule has 0 aliphatic heterocycles. The topological polar surface area (TPSA) is 57.6 Å². The number of nitrogens with one attached hydrogen (secondary N) is 1. The number of nitrogens with zero attached hydrogens (tertiary/aromatic N) is 1. The van der Waals surface area contributed by atoms with Gasteiger partial charge in [-0.3, -0.25) is 4.99 Å². The van der Waals surface area contributed by atoms with Gasteiger partial charge in [-0.05, 0) is 30.3 Å². The molecule has 0 saturated carbocycles. The summed E-state index contributed by atoms with van der Waals surface area (Å²) in [6, 6.07) is 10.6. The molecular weight excluding hydrogens is 323 g/mol. The van der Waals surface area contributed by atoms with E-state index in [1.807, 2.05) is 18.2 Å². The van der Waals surface area contributed by atoms with E-state index in [1.165, 1.54) is 6.21 Å². The fraction of sp³-hybridized carbons (Fsp3) is 0.0625. The number of halogens is 2. The molecule has 1 aromatic heterocycles. The minimum Gasteiger partial charge on any atom is -0.497 e. The normalized spacial score (nSPS) is 11.4. The smallest absolute Gasteiger partial charge is 0.198 e. The predicted molar refractivity (Wildman–Crippen MR) is 90.2 cm³/mol. The highest BCUT2D eigenvalue weighted by Crippen LogP contribution is 2.34. The predicted octanol–water partition coefficient (Wildman–Crippen LogP) is 4.94. The van der Waals surface area contributed by atoms with Gasteiger partial charge in [0.1, 0.15) is 11.4 Å². The molecule has 0 atom stereocenters. The summed E-state index contributed by atoms with van der Waals surface area (Å²) >= 11 is 12.2. The Morgan fingerprint density at radius 1 is 1.18 bits per heavy atom. The van der Waals surface area contributed by atoms with Crippen molar-refractivity contribution in [1.29, 1.82) is 0 Å². The minimum absolute atomic E-state index is 0.0233. The molecule has 0 spiro atoms. The molecule has 0 bridgehead atoms. The van der Waals surface area contributed by atoms with Crippen LogP contribution in [0.1, 0.15) is 5.56 Å². The average molecular weight is 335 g/mol. The third-order valence-corrected chi connectivity index (χ3v) is 3.90. The summed E-state index contributed by atoms with van der Waals surface area (Å²) < 4.78 is 5.21. The van der Waals surface area contributed by atoms with Crippen LogP contribution < -0.4 is 4.74 Å². The first kappa shape index (κ1) is 14.8. The van der Waals surface area contributed by atoms with Crippen LogP contribution in [0, 0.1) is 0 Å². The number of hydrogen-bond acceptors (Lipinski definition) is 3. The first-order valence-corrected chi connectivity index (χ1v) is 7.22. The van der Waals surface area contributed by atoms with Crippen LogP contribution >= 0.6 is 23.2 Å². The van der Waals surface area contributed by atoms with Crippen molar-refractivity contribution in [3.8, 4) is 11.6 Å². The molecule has 6 heteroatoms. The van der Waals surface area contributed by atoms with Crippen LogP contribution in [0.3, 0.4) is 0 Å². The number of fused-ring (bicyclic) bond motifs is 1. The van der Waals surface area contributed by atoms with Gasteiger partial charge in [-0.25, -0.2) is 0 Å². The zero-order chi connectivity index (χ0) is 15.7. The maximum atomic E-state index is 10.1. The van der Waals surface area contributed by atoms with Gasteiger partial charge in [0.2, 0.25) is 0 Å². The van der Waals surface area contributed by atoms with Gasteiger partial charge in [0.25, 0.3) is 0 Å². The molecule has 1 heterocycles. The molecular formula is C16H12Cl2N2O2. The van der Waals surface area contributed by atoms with Crippen molar-refractivity contribution in [2.75, 3.05) is 7.11 Å². The summed E-state index contributed by atoms with van der Waals surface area (Å²) in [6.45, 7) is 0. The van der Waals surface area contributed by atoms with Crippen molar-refractivity contribution < 1.29 is 9.84 Å². The Bertz CT molecular complexity index is 852. The third-order valence-electron chi connectivity index (χ3n) is 3.29. The maximum Gasteiger partial charge on any atom is 0.198 e. The summed E-state index contributed by atoms with van der Waals surface area (Å²) in [7, 11) is 1.59. The largest absolute Gasteiger partial charge is 0.497 e. The molecule has 22 heavy (non-hydrogen) atoms. The number of H-pyrrole nitrogens is 1. The zero-order valence-electron chi connectivity index (χ0n) is 11.6. The number of aliphatic imine (C=N–C) groups is 1. The highest BCUT2D eigenvalue weighted by atomic mass is 35.5. The summed E-state index contributed by atoms with van der Waals surface area (Å²) in [4.78, 5) is 7.19. The monoisotopic (exact) mass is 334 g/mol. The van der Waals surface area contributed by atoms with E-state index in [1.54, 1.807) is 25.3 Å². The number of methoxy groups -OCH3 is 1. The Balaban J connectivity index is 2.10. The second-order valence-electron chi connectivity index (χ2n) is 4.63. The molecule has 4 nitrogen and oxygen atoms in total. The maximum absolute atomic E-state index is 10.1. The Morgan fingerprint density at radius 3 is 2.59 bits per heavy atom. The van der Waals surface area contributed by atoms with E-state index >= 15 is 0 Å². The van der Waals surface area contributed by atoms with Gasteiger partial charge in [0.15, 0.2) is 5.88 Å². The summed E-state index contributed by atoms with van der Waals surface area (Å²) in [5.41, 5.74) is 1.79. The Morgan fingerprint density at radius 2 is 1.91 bits per heavy atom. The lowest BCUT2D eigenvalue weighted by Gasteiger charge is -2.01. The van der Waals surface area contributed by atoms with Crippen LogP contribution in [0.2, 0.25) is 10.0 Å². The molecule has 0 saturated heterocycles. The quantitative estimate of drug-likeness (QED) is 0.666. The fourth-order valence-corrected chi connectivity index (χ4v) is 2.67. The number of aromatic nitrogens is 1. The summed E-state index contributed by atoms with van der Waals surface area (Å²) in [5.74, 6) is 0.715. The molecule has 2 N–H and O–H groups in total. The molecule has 3 aromatic rings. The van der Waals surface area contributed by atoms with Crippen molar-refractivity contribution in [1.82, 2.24) is 4.98 Å². The molecule has 0 aliphatic carbocycles. The number of aromatic amines is 1. The number of ether oxygens (including phenoxy) is 1. The summed E-state index contributed by atoms with van der Waals surface area (Å²) in [6.07, 6.45) is 1.53. The summed E-state index contributed by atoms with van der Waals surface area (Å²) in [5, 5.41) is 11.7. The molecule has 0 fully saturated rings. The molecule has 0 unspecified atom stereocenters. The Kier molecular flexibility index (Phi) is 3.96. The Hall–Kier alpha value is -2.17. The molecule has 2 aromatic carbocycles. The second-order valence-corrected chi connectivity index (χ2v) is 5.44. The lowest BCUT2D eigenvalue weighted by molar-refractivity contribution is 0.415. The van der Waals surface area contributed by atoms with E-state index in [4.69, 9.17) is 27.9 Å². The lowest BCUT2D eigenvalue weighted by atomic mass is 10.1. The zero-order valence-corrected chi connectivity index (χ0v) is 13.1. The van der Waals surface area contributed by atoms with Crippen molar-refractivity contribution in [3.05, 3.63) is 52.0 Å². The van der Waals surface area contributed by atoms with Crippen LogP contribution in [-0.4, -0.2) is 23.4 Å². The van der Waals surface area contributed by atoms with Gasteiger partial charge in [-0.2, -0.15) is 0 Å². The van der Waals surface area contributed by atoms with Crippen LogP contribution in [0.4, 0.5) is 5.69 Å². The van der Waals surface area contributed by atoms with Crippen LogP contribution in [0.15, 0.2) is 41.4 Å². The number of para-hydroxylation sites is 1. The van der Waals surface area contributed by atoms with Gasteiger partial charge < -0.3 is 14.8 Å². The number of benzene rings is 2. The van der Waals surface area contributed by atoms with Crippen LogP contribution in [-0.2, 0) is 0 Å². The van der Waals surface area contributed by atoms with Crippen LogP contribution in [0.25, 0.3) is 10.9 Å². The van der Waals surface area contributed by atoms with Crippen molar-refractivity contribution in [2.24, 2.45) is 4.99 Å². The SMILES string of the molecule is COc1ccc2[nH]c(O)c(C=Nc3c(Cl)cccc3Cl)c2c1. The first-order chi connectivity index (χ1) is 10.6. The van der Waals surface area contributed by atoms with E-state index in [9.17, 15) is 5.11 Å². The first-order valence-electron chi connectivity index (χ1n) is 6.47. The second kappa shape index (κ2) is 5.91. The van der Waals surface area contributed by atoms with Crippen LogP contribution in [0.5, 0.6) is 11.6 Å². The average Bonchev–Trinajstić information content (AvgIpc) is 2.81. The van der Waals surface area contributed by atoms with Gasteiger partial charge in [0.05, 0.1) is 22.7 Å². The highest BCUT2D eigenvalue weighted by Gasteiger charge is 2.11. The van der Waals surface area contributed by atoms with Crippen molar-refractivity contribution in [2.45, 2.75) is 0 Å². The van der Waals surface area contributed by atoms with Gasteiger partial charge in [-0.15, -0.1) is 0 Å². The highest BCUT2D eigenvalue weighted by molar-refractivity contribution is 6.38. The number of hydrogen-bond donors (Lipinski definition) is 2. The lowest BCUT2D eigenvalue weighted by Crippen LogP contribution is -1.83. The van der Waals surface area contributed by atoms with E-state index in [0.29, 0.717) is 27.0 Å². The minimum atomic E-state index is 0.0233. The van der Waals surface area contributed by atoms with Crippen molar-refractivity contribution >= 4 is 46.0 Å². The standard InChI is InChI=1S/C16H12Cl2N2O2/c1-22-9-5-6-14-10(7-9)11(16(21)20-14)8-19-15-12(17)3-2-4-13(15)18/h2-8,20-21H,1H3. The Labute approximate surface area is 137 Å². The van der Waals surface area contributed by atoms with E-state index in [2.05, 4.69) is 9.98 Å². The van der Waals surface area contributed by atoms with Gasteiger partial charge in [-0.1, -0.05) is 29.3 Å². The third kappa shape index (κ3) is 2.63. The van der Waals surface area contributed by atoms with E-state index in [-0.39, 0.29) is 5.88 Å². The molecule has 0 aliphatic rings.